The number of hydrogen-bond donors (Lipinski definition) is 1. The van der Waals surface area contributed by atoms with E-state index in [9.17, 15) is 9.59 Å². The second kappa shape index (κ2) is 11.4. The number of benzene rings is 1. The lowest BCUT2D eigenvalue weighted by Crippen LogP contribution is -2.42. The first-order valence-corrected chi connectivity index (χ1v) is 15.9. The molecule has 0 spiro atoms. The summed E-state index contributed by atoms with van der Waals surface area (Å²) in [7, 11) is 0. The van der Waals surface area contributed by atoms with Crippen molar-refractivity contribution < 1.29 is 9.59 Å². The molecule has 4 aromatic rings. The molecule has 2 saturated heterocycles. The number of likely N-dealkylation sites (tertiary alicyclic amines) is 1. The number of anilines is 1. The molecule has 0 unspecified atom stereocenters. The molecule has 40 heavy (non-hydrogen) atoms. The average Bonchev–Trinajstić information content (AvgIpc) is 3.73. The van der Waals surface area contributed by atoms with Gasteiger partial charge in [0.05, 0.1) is 16.8 Å². The topological polar surface area (TPSA) is 95.1 Å². The molecule has 0 aliphatic carbocycles. The van der Waals surface area contributed by atoms with Crippen LogP contribution in [-0.2, 0) is 16.0 Å². The van der Waals surface area contributed by atoms with Crippen LogP contribution >= 0.6 is 23.1 Å². The maximum absolute atomic E-state index is 13.7. The maximum atomic E-state index is 13.7. The fourth-order valence-corrected chi connectivity index (χ4v) is 7.65. The summed E-state index contributed by atoms with van der Waals surface area (Å²) in [5, 5.41) is 11.7. The van der Waals surface area contributed by atoms with Crippen LogP contribution < -0.4 is 4.90 Å². The third-order valence-corrected chi connectivity index (χ3v) is 10.6. The summed E-state index contributed by atoms with van der Waals surface area (Å²) >= 11 is 3.29. The quantitative estimate of drug-likeness (QED) is 0.305. The van der Waals surface area contributed by atoms with Crippen LogP contribution in [-0.4, -0.2) is 80.4 Å². The highest BCUT2D eigenvalue weighted by atomic mass is 32.2. The van der Waals surface area contributed by atoms with Crippen molar-refractivity contribution in [3.8, 4) is 11.3 Å². The van der Waals surface area contributed by atoms with E-state index in [-0.39, 0.29) is 11.7 Å². The molecule has 0 saturated carbocycles. The van der Waals surface area contributed by atoms with Gasteiger partial charge in [-0.15, -0.1) is 23.1 Å². The van der Waals surface area contributed by atoms with Crippen molar-refractivity contribution in [2.75, 3.05) is 43.9 Å². The monoisotopic (exact) mass is 574 g/mol. The van der Waals surface area contributed by atoms with Crippen molar-refractivity contribution >= 4 is 50.7 Å². The van der Waals surface area contributed by atoms with E-state index in [0.717, 1.165) is 77.4 Å². The number of carbonyl (C=O) groups is 2. The van der Waals surface area contributed by atoms with Gasteiger partial charge in [-0.25, -0.2) is 4.98 Å². The molecule has 0 amide bonds. The summed E-state index contributed by atoms with van der Waals surface area (Å²) in [5.41, 5.74) is 4.75. The molecule has 1 aromatic carbocycles. The summed E-state index contributed by atoms with van der Waals surface area (Å²) in [5.74, 6) is 0.638. The van der Waals surface area contributed by atoms with Crippen molar-refractivity contribution in [2.45, 2.75) is 37.4 Å². The highest BCUT2D eigenvalue weighted by Crippen LogP contribution is 2.37. The predicted octanol–water partition coefficient (Wildman–Crippen LogP) is 4.79. The average molecular weight is 575 g/mol. The molecule has 5 heterocycles. The van der Waals surface area contributed by atoms with Gasteiger partial charge < -0.3 is 4.90 Å². The van der Waals surface area contributed by atoms with Crippen LogP contribution in [0.25, 0.3) is 22.2 Å². The minimum absolute atomic E-state index is 0.0938. The number of Topliss-reactive ketones (excluding diaryl/α,β-unsaturated/α-hetero) is 2. The first-order valence-electron chi connectivity index (χ1n) is 13.8. The number of nitrogens with zero attached hydrogens (tertiary/aromatic N) is 5. The Morgan fingerprint density at radius 3 is 2.73 bits per heavy atom. The largest absolute Gasteiger partial charge is 0.348 e. The minimum atomic E-state index is -0.481. The van der Waals surface area contributed by atoms with Gasteiger partial charge in [0.15, 0.2) is 10.9 Å². The van der Waals surface area contributed by atoms with Crippen LogP contribution in [0.5, 0.6) is 0 Å². The smallest absolute Gasteiger partial charge is 0.185 e. The Bertz CT molecular complexity index is 1510. The van der Waals surface area contributed by atoms with Gasteiger partial charge >= 0.3 is 0 Å². The fraction of sp³-hybridized carbons (Fsp3) is 0.433. The third-order valence-electron chi connectivity index (χ3n) is 8.39. The number of aryl methyl sites for hydroxylation is 1. The van der Waals surface area contributed by atoms with Crippen LogP contribution in [0.2, 0.25) is 0 Å². The van der Waals surface area contributed by atoms with Gasteiger partial charge in [-0.1, -0.05) is 6.07 Å². The van der Waals surface area contributed by atoms with Crippen molar-refractivity contribution in [2.24, 2.45) is 5.92 Å². The number of aromatic amines is 1. The second-order valence-electron chi connectivity index (χ2n) is 10.9. The van der Waals surface area contributed by atoms with Crippen LogP contribution in [0, 0.1) is 12.8 Å². The van der Waals surface area contributed by atoms with Gasteiger partial charge in [-0.05, 0) is 62.3 Å². The van der Waals surface area contributed by atoms with Gasteiger partial charge in [-0.3, -0.25) is 24.6 Å². The predicted molar refractivity (Wildman–Crippen MR) is 162 cm³/mol. The number of nitrogens with one attached hydrogen (secondary N) is 1. The van der Waals surface area contributed by atoms with Crippen molar-refractivity contribution in [1.29, 1.82) is 0 Å². The number of pyridine rings is 1. The standard InChI is InChI=1S/C30H34N6O2S2/c1-20-15-23(5-9-31-20)28-24-16-21(3-4-25(24)33-34-28)17-27(38)30(39-2)8-13-35(19-30)18-26(37)22-6-11-36(12-7-22)29-32-10-14-40-29/h3-5,9-10,14-16,22H,6-8,11-13,17-19H2,1-2H3,(H,33,34)/t30-/m0/s1. The van der Waals surface area contributed by atoms with E-state index in [1.54, 1.807) is 29.3 Å². The second-order valence-corrected chi connectivity index (χ2v) is 13.0. The summed E-state index contributed by atoms with van der Waals surface area (Å²) in [6.45, 7) is 5.57. The normalized spacial score (nSPS) is 20.4. The number of fused-ring (bicyclic) bond motifs is 1. The molecule has 1 atom stereocenters. The fourth-order valence-electron chi connectivity index (χ4n) is 6.05. The highest BCUT2D eigenvalue weighted by molar-refractivity contribution is 8.00. The van der Waals surface area contributed by atoms with E-state index >= 15 is 0 Å². The first kappa shape index (κ1) is 27.1. The van der Waals surface area contributed by atoms with Crippen molar-refractivity contribution in [1.82, 2.24) is 25.1 Å². The Kier molecular flexibility index (Phi) is 7.74. The molecule has 2 aliphatic rings. The number of thiazole rings is 1. The van der Waals surface area contributed by atoms with Crippen molar-refractivity contribution in [3.05, 3.63) is 59.4 Å². The van der Waals surface area contributed by atoms with E-state index in [0.29, 0.717) is 25.3 Å². The molecule has 208 valence electrons. The van der Waals surface area contributed by atoms with Crippen LogP contribution in [0.1, 0.15) is 30.5 Å². The number of thioether (sulfide) groups is 1. The van der Waals surface area contributed by atoms with Crippen LogP contribution in [0.15, 0.2) is 48.1 Å². The zero-order valence-electron chi connectivity index (χ0n) is 22.9. The third kappa shape index (κ3) is 5.44. The molecule has 2 fully saturated rings. The Balaban J connectivity index is 1.09. The number of carbonyl (C=O) groups excluding carboxylic acids is 2. The summed E-state index contributed by atoms with van der Waals surface area (Å²) in [6.07, 6.45) is 8.54. The maximum Gasteiger partial charge on any atom is 0.185 e. The lowest BCUT2D eigenvalue weighted by Gasteiger charge is -2.32. The van der Waals surface area contributed by atoms with E-state index in [2.05, 4.69) is 36.0 Å². The van der Waals surface area contributed by atoms with Crippen molar-refractivity contribution in [3.63, 3.8) is 0 Å². The Labute approximate surface area is 242 Å². The molecule has 1 N–H and O–H groups in total. The minimum Gasteiger partial charge on any atom is -0.348 e. The number of piperidine rings is 1. The van der Waals surface area contributed by atoms with Crippen LogP contribution in [0.4, 0.5) is 5.13 Å². The molecule has 0 bridgehead atoms. The molecule has 2 aliphatic heterocycles. The molecule has 10 heteroatoms. The summed E-state index contributed by atoms with van der Waals surface area (Å²) in [6, 6.07) is 10.1. The molecule has 0 radical (unpaired) electrons. The molecule has 6 rings (SSSR count). The van der Waals surface area contributed by atoms with E-state index < -0.39 is 4.75 Å². The number of rotatable bonds is 9. The highest BCUT2D eigenvalue weighted by Gasteiger charge is 2.44. The van der Waals surface area contributed by atoms with Gasteiger partial charge in [0.25, 0.3) is 0 Å². The molecular weight excluding hydrogens is 541 g/mol. The Morgan fingerprint density at radius 1 is 1.12 bits per heavy atom. The lowest BCUT2D eigenvalue weighted by molar-refractivity contribution is -0.125. The van der Waals surface area contributed by atoms with E-state index in [1.807, 2.05) is 49.0 Å². The van der Waals surface area contributed by atoms with E-state index in [1.165, 1.54) is 0 Å². The summed E-state index contributed by atoms with van der Waals surface area (Å²) in [4.78, 5) is 40.1. The SMILES string of the molecule is CS[C@@]1(C(=O)Cc2ccc3[nH]nc(-c4ccnc(C)c4)c3c2)CCN(CC(=O)C2CCN(c3nccs3)CC2)C1. The van der Waals surface area contributed by atoms with Gasteiger partial charge in [0.2, 0.25) is 0 Å². The van der Waals surface area contributed by atoms with Gasteiger partial charge in [-0.2, -0.15) is 5.10 Å². The molecule has 8 nitrogen and oxygen atoms in total. The Morgan fingerprint density at radius 2 is 1.98 bits per heavy atom. The number of aromatic nitrogens is 4. The zero-order chi connectivity index (χ0) is 27.7. The summed E-state index contributed by atoms with van der Waals surface area (Å²) < 4.78 is -0.481. The van der Waals surface area contributed by atoms with Gasteiger partial charge in [0.1, 0.15) is 11.5 Å². The zero-order valence-corrected chi connectivity index (χ0v) is 24.6. The number of hydrogen-bond acceptors (Lipinski definition) is 9. The molecule has 3 aromatic heterocycles. The number of H-pyrrole nitrogens is 1. The number of ketones is 2. The van der Waals surface area contributed by atoms with E-state index in [4.69, 9.17) is 0 Å². The Hall–Kier alpha value is -3.08. The lowest BCUT2D eigenvalue weighted by atomic mass is 9.92. The molecular formula is C30H34N6O2S2. The first-order chi connectivity index (χ1) is 19.4. The van der Waals surface area contributed by atoms with Crippen LogP contribution in [0.3, 0.4) is 0 Å². The van der Waals surface area contributed by atoms with Gasteiger partial charge in [0, 0.05) is 72.9 Å².